The van der Waals surface area contributed by atoms with E-state index in [2.05, 4.69) is 14.8 Å². The number of nitrogens with zero attached hydrogens (tertiary/aromatic N) is 5. The highest BCUT2D eigenvalue weighted by atomic mass is 35.5. The number of benzene rings is 1. The van der Waals surface area contributed by atoms with E-state index in [0.29, 0.717) is 19.5 Å². The van der Waals surface area contributed by atoms with Crippen LogP contribution in [0.2, 0.25) is 5.02 Å². The fourth-order valence-corrected chi connectivity index (χ4v) is 6.24. The number of hydrogen-bond acceptors (Lipinski definition) is 9. The van der Waals surface area contributed by atoms with Crippen molar-refractivity contribution in [2.75, 3.05) is 29.5 Å². The second-order valence-corrected chi connectivity index (χ2v) is 11.1. The van der Waals surface area contributed by atoms with E-state index in [-0.39, 0.29) is 45.7 Å². The molecule has 0 saturated carbocycles. The standard InChI is InChI=1S/C22H20ClF4N5O4S2/c1-30(13-4-5-31(8-13)9-18-15(24)2-3-17(29-18)22(26)27)19-7-16(25)20(6-14(19)23)38(34,35)32(36-12-33)21-10-37-11-28-21/h2-3,6-7,10-13,22H,4-5,8-9H2,1H3/t13-/m0/s1. The fourth-order valence-electron chi connectivity index (χ4n) is 4.06. The molecule has 1 saturated heterocycles. The lowest BCUT2D eigenvalue weighted by molar-refractivity contribution is -0.128. The molecule has 3 heterocycles. The van der Waals surface area contributed by atoms with Crippen LogP contribution in [0.25, 0.3) is 0 Å². The van der Waals surface area contributed by atoms with Gasteiger partial charge in [0.1, 0.15) is 22.2 Å². The Morgan fingerprint density at radius 3 is 2.71 bits per heavy atom. The van der Waals surface area contributed by atoms with Gasteiger partial charge in [-0.1, -0.05) is 16.1 Å². The van der Waals surface area contributed by atoms with Crippen molar-refractivity contribution in [3.05, 3.63) is 63.2 Å². The predicted octanol–water partition coefficient (Wildman–Crippen LogP) is 4.40. The molecule has 1 atom stereocenters. The number of carbonyl (C=O) groups excluding carboxylic acids is 1. The molecule has 16 heteroatoms. The van der Waals surface area contributed by atoms with E-state index < -0.39 is 38.7 Å². The average molecular weight is 594 g/mol. The summed E-state index contributed by atoms with van der Waals surface area (Å²) in [6.45, 7) is 0.710. The van der Waals surface area contributed by atoms with Crippen LogP contribution in [-0.2, 0) is 26.2 Å². The lowest BCUT2D eigenvalue weighted by Gasteiger charge is -2.28. The highest BCUT2D eigenvalue weighted by Crippen LogP contribution is 2.35. The highest BCUT2D eigenvalue weighted by Gasteiger charge is 2.34. The van der Waals surface area contributed by atoms with Gasteiger partial charge < -0.3 is 9.74 Å². The van der Waals surface area contributed by atoms with Crippen LogP contribution in [0.4, 0.5) is 29.1 Å². The van der Waals surface area contributed by atoms with Gasteiger partial charge in [-0.3, -0.25) is 9.69 Å². The van der Waals surface area contributed by atoms with Crippen molar-refractivity contribution < 1.29 is 35.6 Å². The zero-order chi connectivity index (χ0) is 27.6. The largest absolute Gasteiger partial charge is 0.369 e. The maximum Gasteiger partial charge on any atom is 0.322 e. The molecule has 1 aliphatic heterocycles. The molecular formula is C22H20ClF4N5O4S2. The summed E-state index contributed by atoms with van der Waals surface area (Å²) >= 11 is 7.40. The summed E-state index contributed by atoms with van der Waals surface area (Å²) in [6.07, 6.45) is -2.27. The number of thiazole rings is 1. The number of sulfonamides is 1. The second-order valence-electron chi connectivity index (χ2n) is 8.27. The molecule has 204 valence electrons. The Hall–Kier alpha value is -3.01. The quantitative estimate of drug-likeness (QED) is 0.194. The molecule has 9 nitrogen and oxygen atoms in total. The molecule has 0 spiro atoms. The summed E-state index contributed by atoms with van der Waals surface area (Å²) in [5.74, 6) is -2.08. The number of alkyl halides is 2. The van der Waals surface area contributed by atoms with E-state index in [9.17, 15) is 26.4 Å². The maximum atomic E-state index is 15.2. The molecule has 0 bridgehead atoms. The molecule has 1 aliphatic rings. The van der Waals surface area contributed by atoms with Crippen LogP contribution in [0.5, 0.6) is 0 Å². The molecule has 0 aliphatic carbocycles. The van der Waals surface area contributed by atoms with Gasteiger partial charge in [-0.25, -0.2) is 27.5 Å². The van der Waals surface area contributed by atoms with Crippen LogP contribution in [0.3, 0.4) is 0 Å². The Labute approximate surface area is 224 Å². The maximum absolute atomic E-state index is 15.2. The van der Waals surface area contributed by atoms with Crippen molar-refractivity contribution in [3.8, 4) is 0 Å². The second kappa shape index (κ2) is 11.4. The molecule has 1 fully saturated rings. The zero-order valence-corrected chi connectivity index (χ0v) is 22.0. The lowest BCUT2D eigenvalue weighted by atomic mass is 10.2. The van der Waals surface area contributed by atoms with Gasteiger partial charge in [0.15, 0.2) is 5.82 Å². The number of anilines is 2. The Balaban J connectivity index is 1.53. The Morgan fingerprint density at radius 1 is 1.29 bits per heavy atom. The van der Waals surface area contributed by atoms with E-state index in [1.54, 1.807) is 11.9 Å². The van der Waals surface area contributed by atoms with Gasteiger partial charge in [0.25, 0.3) is 16.4 Å². The predicted molar refractivity (Wildman–Crippen MR) is 132 cm³/mol. The van der Waals surface area contributed by atoms with Gasteiger partial charge >= 0.3 is 6.47 Å². The molecule has 0 unspecified atom stereocenters. The normalized spacial score (nSPS) is 16.1. The third-order valence-corrected chi connectivity index (χ3v) is 8.41. The van der Waals surface area contributed by atoms with Gasteiger partial charge in [-0.2, -0.15) is 8.42 Å². The zero-order valence-electron chi connectivity index (χ0n) is 19.6. The highest BCUT2D eigenvalue weighted by molar-refractivity contribution is 7.92. The van der Waals surface area contributed by atoms with Crippen LogP contribution in [-0.4, -0.2) is 55.9 Å². The number of likely N-dealkylation sites (N-methyl/N-ethyl adjacent to an activating group) is 1. The number of hydrogen-bond donors (Lipinski definition) is 0. The first kappa shape index (κ1) is 28.0. The van der Waals surface area contributed by atoms with Gasteiger partial charge in [0.2, 0.25) is 0 Å². The fraction of sp³-hybridized carbons (Fsp3) is 0.318. The van der Waals surface area contributed by atoms with Crippen LogP contribution in [0, 0.1) is 11.6 Å². The third-order valence-electron chi connectivity index (χ3n) is 5.95. The van der Waals surface area contributed by atoms with Crippen molar-refractivity contribution in [2.45, 2.75) is 30.3 Å². The molecule has 0 radical (unpaired) electrons. The van der Waals surface area contributed by atoms with Crippen molar-refractivity contribution in [1.29, 1.82) is 0 Å². The van der Waals surface area contributed by atoms with Gasteiger partial charge in [0.05, 0.1) is 21.9 Å². The van der Waals surface area contributed by atoms with E-state index in [1.807, 2.05) is 4.90 Å². The number of aromatic nitrogens is 2. The number of halogens is 5. The van der Waals surface area contributed by atoms with Crippen LogP contribution >= 0.6 is 22.9 Å². The van der Waals surface area contributed by atoms with Gasteiger partial charge in [-0.05, 0) is 24.6 Å². The molecule has 0 N–H and O–H groups in total. The number of rotatable bonds is 10. The Bertz CT molecular complexity index is 1410. The first-order valence-electron chi connectivity index (χ1n) is 10.9. The summed E-state index contributed by atoms with van der Waals surface area (Å²) in [5.41, 5.74) is 0.874. The topological polar surface area (TPSA) is 95.9 Å². The van der Waals surface area contributed by atoms with Crippen molar-refractivity contribution in [2.24, 2.45) is 0 Å². The van der Waals surface area contributed by atoms with Crippen LogP contribution in [0.15, 0.2) is 40.1 Å². The summed E-state index contributed by atoms with van der Waals surface area (Å²) in [7, 11) is -3.08. The molecule has 3 aromatic rings. The number of likely N-dealkylation sites (tertiary alicyclic amines) is 1. The first-order chi connectivity index (χ1) is 18.0. The van der Waals surface area contributed by atoms with E-state index in [1.165, 1.54) is 10.9 Å². The molecule has 4 rings (SSSR count). The molecule has 2 aromatic heterocycles. The number of carbonyl (C=O) groups is 1. The molecular weight excluding hydrogens is 574 g/mol. The summed E-state index contributed by atoms with van der Waals surface area (Å²) < 4.78 is 81.5. The van der Waals surface area contributed by atoms with E-state index in [0.717, 1.165) is 35.6 Å². The van der Waals surface area contributed by atoms with E-state index in [4.69, 9.17) is 11.6 Å². The molecule has 1 aromatic carbocycles. The lowest BCUT2D eigenvalue weighted by Crippen LogP contribution is -2.35. The van der Waals surface area contributed by atoms with E-state index >= 15 is 4.39 Å². The first-order valence-corrected chi connectivity index (χ1v) is 13.7. The monoisotopic (exact) mass is 593 g/mol. The van der Waals surface area contributed by atoms with Gasteiger partial charge in [0, 0.05) is 44.2 Å². The van der Waals surface area contributed by atoms with Crippen molar-refractivity contribution in [1.82, 2.24) is 14.9 Å². The molecule has 38 heavy (non-hydrogen) atoms. The third kappa shape index (κ3) is 5.70. The summed E-state index contributed by atoms with van der Waals surface area (Å²) in [6, 6.07) is 3.52. The number of pyridine rings is 1. The summed E-state index contributed by atoms with van der Waals surface area (Å²) in [4.78, 5) is 25.6. The minimum Gasteiger partial charge on any atom is -0.369 e. The van der Waals surface area contributed by atoms with Crippen LogP contribution < -0.4 is 9.37 Å². The van der Waals surface area contributed by atoms with Crippen molar-refractivity contribution >= 4 is 50.9 Å². The van der Waals surface area contributed by atoms with Crippen molar-refractivity contribution in [3.63, 3.8) is 0 Å². The van der Waals surface area contributed by atoms with Gasteiger partial charge in [-0.15, -0.1) is 11.3 Å². The van der Waals surface area contributed by atoms with Crippen LogP contribution in [0.1, 0.15) is 24.2 Å². The smallest absolute Gasteiger partial charge is 0.322 e. The minimum absolute atomic E-state index is 0.000800. The minimum atomic E-state index is -4.72. The SMILES string of the molecule is CN(c1cc(F)c(S(=O)(=O)N(OC=O)c2cscn2)cc1Cl)[C@H]1CCN(Cc2nc(C(F)F)ccc2F)C1. The summed E-state index contributed by atoms with van der Waals surface area (Å²) in [5, 5.41) is 1.20. The average Bonchev–Trinajstić information content (AvgIpc) is 3.57. The molecule has 0 amide bonds. The Morgan fingerprint density at radius 2 is 2.05 bits per heavy atom. The Kier molecular flexibility index (Phi) is 8.40.